The lowest BCUT2D eigenvalue weighted by Crippen LogP contribution is -2.69. The summed E-state index contributed by atoms with van der Waals surface area (Å²) in [6.07, 6.45) is 4.52. The monoisotopic (exact) mass is 507 g/mol. The molecule has 2 aliphatic carbocycles. The summed E-state index contributed by atoms with van der Waals surface area (Å²) in [7, 11) is 0. The van der Waals surface area contributed by atoms with Gasteiger partial charge in [0.2, 0.25) is 0 Å². The number of hydrogen-bond donors (Lipinski definition) is 4. The quantitative estimate of drug-likeness (QED) is 0.209. The number of esters is 1. The Morgan fingerprint density at radius 1 is 1.22 bits per heavy atom. The maximum atomic E-state index is 13.7. The number of carboxylic acid groups (broad SMARTS) is 1. The molecule has 0 unspecified atom stereocenters. The Labute approximate surface area is 212 Å². The van der Waals surface area contributed by atoms with Gasteiger partial charge in [0.15, 0.2) is 11.6 Å². The third-order valence-electron chi connectivity index (χ3n) is 8.02. The number of Topliss-reactive ketones (excluding diaryl/α,β-unsaturated/α-hetero) is 1. The maximum Gasteiger partial charge on any atom is 0.328 e. The van der Waals surface area contributed by atoms with Crippen LogP contribution in [0.15, 0.2) is 24.0 Å². The van der Waals surface area contributed by atoms with Crippen molar-refractivity contribution in [3.63, 3.8) is 0 Å². The van der Waals surface area contributed by atoms with E-state index in [1.807, 2.05) is 6.92 Å². The molecule has 36 heavy (non-hydrogen) atoms. The van der Waals surface area contributed by atoms with Gasteiger partial charge in [0.1, 0.15) is 5.60 Å². The molecule has 0 aromatic rings. The van der Waals surface area contributed by atoms with Gasteiger partial charge in [-0.1, -0.05) is 26.3 Å². The Kier molecular flexibility index (Phi) is 8.95. The second-order valence-electron chi connectivity index (χ2n) is 11.1. The highest BCUT2D eigenvalue weighted by Crippen LogP contribution is 2.61. The lowest BCUT2D eigenvalue weighted by Gasteiger charge is -2.61. The number of carbonyl (C=O) groups is 4. The number of aliphatic hydroxyl groups is 3. The van der Waals surface area contributed by atoms with Crippen LogP contribution in [0.25, 0.3) is 0 Å². The summed E-state index contributed by atoms with van der Waals surface area (Å²) in [5, 5.41) is 40.7. The highest BCUT2D eigenvalue weighted by atomic mass is 16.5. The van der Waals surface area contributed by atoms with Gasteiger partial charge in [0, 0.05) is 35.8 Å². The van der Waals surface area contributed by atoms with Crippen molar-refractivity contribution in [2.75, 3.05) is 6.61 Å². The number of hydrogen-bond acceptors (Lipinski definition) is 8. The smallest absolute Gasteiger partial charge is 0.328 e. The van der Waals surface area contributed by atoms with Crippen molar-refractivity contribution >= 4 is 23.5 Å². The number of aliphatic hydroxyl groups excluding tert-OH is 1. The zero-order valence-corrected chi connectivity index (χ0v) is 21.9. The molecule has 1 radical (unpaired) electrons. The van der Waals surface area contributed by atoms with Crippen LogP contribution in [-0.4, -0.2) is 61.7 Å². The van der Waals surface area contributed by atoms with E-state index in [1.54, 1.807) is 20.8 Å². The minimum Gasteiger partial charge on any atom is -0.515 e. The van der Waals surface area contributed by atoms with E-state index in [0.717, 1.165) is 12.2 Å². The van der Waals surface area contributed by atoms with Gasteiger partial charge in [-0.15, -0.1) is 0 Å². The standard InChI is InChI=1S/C27H39O9/c1-7-17(14-36-21(32)11-15(2)10-20(30)31)23-26(5,19(29)8-9-28)22-16(3)12-25(4,34)13-18(22)24(33)27(23,6)35/h8-10,13,16-18,22-23,28,34-35H,7,11-12,14H2,1-6H3,(H,30,31)/b9-8-,15-10+/t16-,17+,18+,22+,23-,25-,26-,27+/m1/s1. The van der Waals surface area contributed by atoms with Gasteiger partial charge in [0.05, 0.1) is 24.9 Å². The Morgan fingerprint density at radius 3 is 2.36 bits per heavy atom. The number of ether oxygens (including phenoxy) is 1. The van der Waals surface area contributed by atoms with E-state index in [-0.39, 0.29) is 18.9 Å². The molecule has 9 heteroatoms. The number of aliphatic carboxylic acids is 1. The highest BCUT2D eigenvalue weighted by Gasteiger charge is 2.68. The van der Waals surface area contributed by atoms with Crippen LogP contribution in [0.2, 0.25) is 0 Å². The van der Waals surface area contributed by atoms with Gasteiger partial charge in [-0.05, 0) is 51.4 Å². The molecular formula is C27H39O9. The zero-order chi connectivity index (χ0) is 27.6. The summed E-state index contributed by atoms with van der Waals surface area (Å²) < 4.78 is 5.44. The molecule has 2 fully saturated rings. The molecule has 201 valence electrons. The number of rotatable bonds is 9. The van der Waals surface area contributed by atoms with Crippen LogP contribution in [0.1, 0.15) is 60.8 Å². The van der Waals surface area contributed by atoms with Gasteiger partial charge in [-0.3, -0.25) is 14.4 Å². The number of ketones is 2. The second-order valence-corrected chi connectivity index (χ2v) is 11.1. The molecular weight excluding hydrogens is 468 g/mol. The van der Waals surface area contributed by atoms with E-state index in [1.165, 1.54) is 20.3 Å². The topological polar surface area (TPSA) is 158 Å². The molecule has 2 rings (SSSR count). The molecule has 0 aliphatic heterocycles. The van der Waals surface area contributed by atoms with E-state index in [2.05, 4.69) is 0 Å². The largest absolute Gasteiger partial charge is 0.515 e. The fraction of sp³-hybridized carbons (Fsp3) is 0.667. The Balaban J connectivity index is 2.51. The average molecular weight is 508 g/mol. The van der Waals surface area contributed by atoms with Crippen LogP contribution in [0, 0.1) is 41.4 Å². The van der Waals surface area contributed by atoms with E-state index in [4.69, 9.17) is 9.84 Å². The summed E-state index contributed by atoms with van der Waals surface area (Å²) in [5.41, 5.74) is -4.28. The van der Waals surface area contributed by atoms with Crippen molar-refractivity contribution in [3.05, 3.63) is 30.4 Å². The fourth-order valence-corrected chi connectivity index (χ4v) is 6.88. The molecule has 0 spiro atoms. The Hall–Kier alpha value is -2.52. The molecule has 0 bridgehead atoms. The van der Waals surface area contributed by atoms with Crippen molar-refractivity contribution in [1.29, 1.82) is 0 Å². The van der Waals surface area contributed by atoms with Crippen LogP contribution >= 0.6 is 0 Å². The van der Waals surface area contributed by atoms with E-state index < -0.39 is 63.8 Å². The van der Waals surface area contributed by atoms with Crippen molar-refractivity contribution in [2.45, 2.75) is 72.0 Å². The average Bonchev–Trinajstić information content (AvgIpc) is 2.72. The first kappa shape index (κ1) is 29.7. The first-order valence-corrected chi connectivity index (χ1v) is 12.3. The Morgan fingerprint density at radius 2 is 1.83 bits per heavy atom. The van der Waals surface area contributed by atoms with Crippen LogP contribution in [0.5, 0.6) is 0 Å². The molecule has 0 heterocycles. The highest BCUT2D eigenvalue weighted by molar-refractivity contribution is 6.00. The van der Waals surface area contributed by atoms with Crippen molar-refractivity contribution in [3.8, 4) is 0 Å². The molecule has 9 nitrogen and oxygen atoms in total. The molecule has 2 aliphatic rings. The maximum absolute atomic E-state index is 13.7. The summed E-state index contributed by atoms with van der Waals surface area (Å²) in [6.45, 7) is 9.58. The number of carboxylic acids is 1. The van der Waals surface area contributed by atoms with Crippen LogP contribution in [0.4, 0.5) is 0 Å². The van der Waals surface area contributed by atoms with E-state index in [9.17, 15) is 34.5 Å². The van der Waals surface area contributed by atoms with Gasteiger partial charge in [-0.25, -0.2) is 4.79 Å². The summed E-state index contributed by atoms with van der Waals surface area (Å²) in [5.74, 6) is -6.12. The van der Waals surface area contributed by atoms with Crippen LogP contribution in [0.3, 0.4) is 0 Å². The second kappa shape index (κ2) is 10.8. The fourth-order valence-electron chi connectivity index (χ4n) is 6.88. The minimum atomic E-state index is -2.00. The zero-order valence-electron chi connectivity index (χ0n) is 21.9. The lowest BCUT2D eigenvalue weighted by molar-refractivity contribution is -0.199. The third kappa shape index (κ3) is 5.72. The van der Waals surface area contributed by atoms with Gasteiger partial charge < -0.3 is 25.2 Å². The normalized spacial score (nSPS) is 37.9. The number of fused-ring (bicyclic) bond motifs is 1. The predicted molar refractivity (Wildman–Crippen MR) is 130 cm³/mol. The predicted octanol–water partition coefficient (Wildman–Crippen LogP) is 2.80. The number of allylic oxidation sites excluding steroid dienone is 1. The van der Waals surface area contributed by atoms with Gasteiger partial charge in [0.25, 0.3) is 0 Å². The lowest BCUT2D eigenvalue weighted by atomic mass is 9.42. The van der Waals surface area contributed by atoms with Gasteiger partial charge >= 0.3 is 11.9 Å². The molecule has 0 aromatic heterocycles. The van der Waals surface area contributed by atoms with E-state index in [0.29, 0.717) is 24.7 Å². The molecule has 4 N–H and O–H groups in total. The van der Waals surface area contributed by atoms with Crippen LogP contribution in [-0.2, 0) is 23.9 Å². The number of carbonyl (C=O) groups excluding carboxylic acids is 3. The first-order valence-electron chi connectivity index (χ1n) is 12.3. The van der Waals surface area contributed by atoms with E-state index >= 15 is 0 Å². The summed E-state index contributed by atoms with van der Waals surface area (Å²) in [6, 6.07) is 0. The summed E-state index contributed by atoms with van der Waals surface area (Å²) >= 11 is 0. The Bertz CT molecular complexity index is 945. The molecule has 0 saturated heterocycles. The molecule has 0 aromatic carbocycles. The molecule has 2 saturated carbocycles. The minimum absolute atomic E-state index is 0.192. The summed E-state index contributed by atoms with van der Waals surface area (Å²) in [4.78, 5) is 50.4. The van der Waals surface area contributed by atoms with Crippen molar-refractivity contribution < 1.29 is 44.3 Å². The van der Waals surface area contributed by atoms with Crippen LogP contribution < -0.4 is 0 Å². The first-order chi connectivity index (χ1) is 16.5. The molecule has 0 amide bonds. The van der Waals surface area contributed by atoms with Crippen molar-refractivity contribution in [2.24, 2.45) is 35.0 Å². The molecule has 8 atom stereocenters. The third-order valence-corrected chi connectivity index (χ3v) is 8.02. The SMILES string of the molecule is CC[C@@H](COC(=O)C/C(C)=C/C(=O)O)[C@@H]1[C@](C)(C(=O)/C=C\O)[C@H]2[C@H](C)C[C@@](C)(O)[CH][C@@H]2C(=O)[C@@]1(C)O. The van der Waals surface area contributed by atoms with Gasteiger partial charge in [-0.2, -0.15) is 0 Å². The van der Waals surface area contributed by atoms with Crippen molar-refractivity contribution in [1.82, 2.24) is 0 Å².